The number of carbonyl (C=O) groups is 1. The maximum atomic E-state index is 13.1. The van der Waals surface area contributed by atoms with Crippen LogP contribution < -0.4 is 9.47 Å². The first kappa shape index (κ1) is 23.6. The first-order chi connectivity index (χ1) is 16.5. The van der Waals surface area contributed by atoms with Gasteiger partial charge < -0.3 is 9.47 Å². The summed E-state index contributed by atoms with van der Waals surface area (Å²) in [5, 5.41) is 4.70. The number of carbonyl (C=O) groups excluding carboxylic acids is 1. The fourth-order valence-corrected chi connectivity index (χ4v) is 4.25. The molecule has 0 saturated heterocycles. The molecular weight excluding hydrogens is 444 g/mol. The Morgan fingerprint density at radius 2 is 1.65 bits per heavy atom. The molecule has 0 radical (unpaired) electrons. The highest BCUT2D eigenvalue weighted by atomic mass is 32.2. The Kier molecular flexibility index (Phi) is 7.70. The minimum Gasteiger partial charge on any atom is -0.494 e. The predicted molar refractivity (Wildman–Crippen MR) is 135 cm³/mol. The molecule has 0 aliphatic rings. The Labute approximate surface area is 204 Å². The van der Waals surface area contributed by atoms with Gasteiger partial charge in [-0.2, -0.15) is 9.78 Å². The topological polar surface area (TPSA) is 53.4 Å². The molecule has 0 atom stereocenters. The van der Waals surface area contributed by atoms with E-state index in [0.29, 0.717) is 18.1 Å². The van der Waals surface area contributed by atoms with Gasteiger partial charge in [0.15, 0.2) is 0 Å². The van der Waals surface area contributed by atoms with Crippen molar-refractivity contribution in [3.05, 3.63) is 95.7 Å². The van der Waals surface area contributed by atoms with Gasteiger partial charge in [0.25, 0.3) is 0 Å². The standard InChI is InChI=1S/C28H28N2O3S/c1-4-5-19-32-24-15-13-22(14-16-24)28(31)33-27-26(34-25-17-11-20(2)12-18-25)21(3)29-30(27)23-9-7-6-8-10-23/h6-18H,4-5,19H2,1-3H3. The zero-order valence-corrected chi connectivity index (χ0v) is 20.5. The van der Waals surface area contributed by atoms with Gasteiger partial charge in [0.2, 0.25) is 5.88 Å². The summed E-state index contributed by atoms with van der Waals surface area (Å²) in [4.78, 5) is 15.0. The van der Waals surface area contributed by atoms with E-state index >= 15 is 0 Å². The van der Waals surface area contributed by atoms with Crippen LogP contribution in [-0.2, 0) is 0 Å². The second-order valence-corrected chi connectivity index (χ2v) is 9.08. The van der Waals surface area contributed by atoms with Gasteiger partial charge in [-0.05, 0) is 68.8 Å². The third-order valence-electron chi connectivity index (χ3n) is 5.25. The molecule has 0 amide bonds. The molecule has 0 aliphatic heterocycles. The number of ether oxygens (including phenoxy) is 2. The largest absolute Gasteiger partial charge is 0.494 e. The van der Waals surface area contributed by atoms with Crippen molar-refractivity contribution in [2.75, 3.05) is 6.61 Å². The Morgan fingerprint density at radius 3 is 2.32 bits per heavy atom. The van der Waals surface area contributed by atoms with Gasteiger partial charge in [-0.3, -0.25) is 0 Å². The number of para-hydroxylation sites is 1. The number of hydrogen-bond donors (Lipinski definition) is 0. The Hall–Kier alpha value is -3.51. The first-order valence-corrected chi connectivity index (χ1v) is 12.2. The lowest BCUT2D eigenvalue weighted by Crippen LogP contribution is -2.12. The third kappa shape index (κ3) is 5.69. The van der Waals surface area contributed by atoms with Crippen LogP contribution in [0, 0.1) is 13.8 Å². The normalized spacial score (nSPS) is 10.8. The molecule has 174 valence electrons. The van der Waals surface area contributed by atoms with E-state index in [9.17, 15) is 4.79 Å². The number of rotatable bonds is 9. The molecular formula is C28H28N2O3S. The average molecular weight is 473 g/mol. The van der Waals surface area contributed by atoms with Gasteiger partial charge in [0.05, 0.1) is 28.4 Å². The van der Waals surface area contributed by atoms with E-state index < -0.39 is 5.97 Å². The van der Waals surface area contributed by atoms with Crippen molar-refractivity contribution in [3.8, 4) is 17.3 Å². The molecule has 1 heterocycles. The fraction of sp³-hybridized carbons (Fsp3) is 0.214. The van der Waals surface area contributed by atoms with Crippen molar-refractivity contribution >= 4 is 17.7 Å². The van der Waals surface area contributed by atoms with Crippen molar-refractivity contribution in [1.82, 2.24) is 9.78 Å². The molecule has 3 aromatic carbocycles. The molecule has 34 heavy (non-hydrogen) atoms. The highest BCUT2D eigenvalue weighted by molar-refractivity contribution is 7.99. The summed E-state index contributed by atoms with van der Waals surface area (Å²) < 4.78 is 13.4. The molecule has 6 heteroatoms. The molecule has 0 bridgehead atoms. The van der Waals surface area contributed by atoms with Gasteiger partial charge >= 0.3 is 5.97 Å². The number of benzene rings is 3. The number of nitrogens with zero attached hydrogens (tertiary/aromatic N) is 2. The predicted octanol–water partition coefficient (Wildman–Crippen LogP) is 7.04. The van der Waals surface area contributed by atoms with Crippen LogP contribution in [0.25, 0.3) is 5.69 Å². The number of hydrogen-bond acceptors (Lipinski definition) is 5. The summed E-state index contributed by atoms with van der Waals surface area (Å²) >= 11 is 1.54. The maximum Gasteiger partial charge on any atom is 0.344 e. The molecule has 4 rings (SSSR count). The SMILES string of the molecule is CCCCOc1ccc(C(=O)Oc2c(Sc3ccc(C)cc3)c(C)nn2-c2ccccc2)cc1. The summed E-state index contributed by atoms with van der Waals surface area (Å²) in [5.74, 6) is 0.705. The van der Waals surface area contributed by atoms with Crippen molar-refractivity contribution in [2.45, 2.75) is 43.4 Å². The minimum absolute atomic E-state index is 0.405. The van der Waals surface area contributed by atoms with Gasteiger partial charge in [-0.25, -0.2) is 4.79 Å². The molecule has 5 nitrogen and oxygen atoms in total. The zero-order valence-electron chi connectivity index (χ0n) is 19.7. The van der Waals surface area contributed by atoms with E-state index in [-0.39, 0.29) is 0 Å². The molecule has 0 saturated carbocycles. The molecule has 0 fully saturated rings. The quantitative estimate of drug-likeness (QED) is 0.193. The molecule has 0 spiro atoms. The van der Waals surface area contributed by atoms with Crippen LogP contribution in [0.5, 0.6) is 11.6 Å². The van der Waals surface area contributed by atoms with Crippen molar-refractivity contribution < 1.29 is 14.3 Å². The van der Waals surface area contributed by atoms with Crippen LogP contribution in [0.1, 0.15) is 41.4 Å². The van der Waals surface area contributed by atoms with Crippen molar-refractivity contribution in [2.24, 2.45) is 0 Å². The lowest BCUT2D eigenvalue weighted by atomic mass is 10.2. The van der Waals surface area contributed by atoms with Crippen LogP contribution in [0.3, 0.4) is 0 Å². The number of aryl methyl sites for hydroxylation is 2. The van der Waals surface area contributed by atoms with Crippen LogP contribution in [0.2, 0.25) is 0 Å². The summed E-state index contributed by atoms with van der Waals surface area (Å²) in [6, 6.07) is 25.0. The molecule has 0 unspecified atom stereocenters. The Balaban J connectivity index is 1.63. The van der Waals surface area contributed by atoms with Gasteiger partial charge in [-0.15, -0.1) is 0 Å². The molecule has 4 aromatic rings. The smallest absolute Gasteiger partial charge is 0.344 e. The lowest BCUT2D eigenvalue weighted by molar-refractivity contribution is 0.0718. The van der Waals surface area contributed by atoms with Crippen molar-refractivity contribution in [3.63, 3.8) is 0 Å². The van der Waals surface area contributed by atoms with Crippen LogP contribution in [0.4, 0.5) is 0 Å². The summed E-state index contributed by atoms with van der Waals surface area (Å²) in [5.41, 5.74) is 3.25. The van der Waals surface area contributed by atoms with E-state index in [4.69, 9.17) is 14.6 Å². The van der Waals surface area contributed by atoms with Crippen LogP contribution in [0.15, 0.2) is 88.7 Å². The van der Waals surface area contributed by atoms with Crippen molar-refractivity contribution in [1.29, 1.82) is 0 Å². The van der Waals surface area contributed by atoms with E-state index in [2.05, 4.69) is 38.1 Å². The van der Waals surface area contributed by atoms with E-state index in [0.717, 1.165) is 39.8 Å². The Bertz CT molecular complexity index is 1230. The number of unbranched alkanes of at least 4 members (excludes halogenated alkanes) is 1. The average Bonchev–Trinajstić information content (AvgIpc) is 3.16. The van der Waals surface area contributed by atoms with Crippen LogP contribution in [-0.4, -0.2) is 22.4 Å². The minimum atomic E-state index is -0.442. The molecule has 0 aliphatic carbocycles. The maximum absolute atomic E-state index is 13.1. The van der Waals surface area contributed by atoms with E-state index in [1.807, 2.05) is 37.3 Å². The van der Waals surface area contributed by atoms with Crippen LogP contribution >= 0.6 is 11.8 Å². The van der Waals surface area contributed by atoms with E-state index in [1.54, 1.807) is 28.9 Å². The summed E-state index contributed by atoms with van der Waals surface area (Å²) in [7, 11) is 0. The van der Waals surface area contributed by atoms with Gasteiger partial charge in [0, 0.05) is 4.90 Å². The van der Waals surface area contributed by atoms with Gasteiger partial charge in [0.1, 0.15) is 5.75 Å². The first-order valence-electron chi connectivity index (χ1n) is 11.4. The van der Waals surface area contributed by atoms with E-state index in [1.165, 1.54) is 17.3 Å². The summed E-state index contributed by atoms with van der Waals surface area (Å²) in [6.07, 6.45) is 2.07. The van der Waals surface area contributed by atoms with Gasteiger partial charge in [-0.1, -0.05) is 61.0 Å². The highest BCUT2D eigenvalue weighted by Crippen LogP contribution is 2.39. The fourth-order valence-electron chi connectivity index (χ4n) is 3.34. The third-order valence-corrected chi connectivity index (χ3v) is 6.43. The zero-order chi connectivity index (χ0) is 23.9. The molecule has 1 aromatic heterocycles. The number of aromatic nitrogens is 2. The molecule has 0 N–H and O–H groups in total. The number of esters is 1. The lowest BCUT2D eigenvalue weighted by Gasteiger charge is -2.11. The summed E-state index contributed by atoms with van der Waals surface area (Å²) in [6.45, 7) is 6.77. The second kappa shape index (κ2) is 11.1. The second-order valence-electron chi connectivity index (χ2n) is 8.00. The Morgan fingerprint density at radius 1 is 0.941 bits per heavy atom. The highest BCUT2D eigenvalue weighted by Gasteiger charge is 2.23. The monoisotopic (exact) mass is 472 g/mol.